The molecule has 1 aromatic heterocycles. The topological polar surface area (TPSA) is 77.5 Å². The highest BCUT2D eigenvalue weighted by molar-refractivity contribution is 5.89. The normalized spacial score (nSPS) is 12.1. The first-order valence-corrected chi connectivity index (χ1v) is 6.74. The minimum absolute atomic E-state index is 0.243. The molecule has 6 nitrogen and oxygen atoms in total. The van der Waals surface area contributed by atoms with Crippen LogP contribution < -0.4 is 15.5 Å². The van der Waals surface area contributed by atoms with Crippen molar-refractivity contribution in [2.45, 2.75) is 26.4 Å². The van der Waals surface area contributed by atoms with E-state index in [1.54, 1.807) is 12.3 Å². The lowest BCUT2D eigenvalue weighted by Gasteiger charge is -2.15. The Morgan fingerprint density at radius 3 is 2.60 bits per heavy atom. The van der Waals surface area contributed by atoms with E-state index in [0.717, 1.165) is 5.82 Å². The van der Waals surface area contributed by atoms with E-state index in [9.17, 15) is 9.90 Å². The number of aliphatic hydroxyl groups is 1. The van der Waals surface area contributed by atoms with Crippen LogP contribution in [0.4, 0.5) is 16.3 Å². The third kappa shape index (κ3) is 5.88. The summed E-state index contributed by atoms with van der Waals surface area (Å²) in [4.78, 5) is 17.7. The maximum Gasteiger partial charge on any atom is 0.319 e. The minimum atomic E-state index is -0.519. The van der Waals surface area contributed by atoms with Crippen LogP contribution in [0, 0.1) is 5.92 Å². The van der Waals surface area contributed by atoms with E-state index < -0.39 is 6.10 Å². The summed E-state index contributed by atoms with van der Waals surface area (Å²) in [5, 5.41) is 15.0. The lowest BCUT2D eigenvalue weighted by molar-refractivity contribution is 0.148. The molecule has 0 aromatic carbocycles. The number of amides is 2. The van der Waals surface area contributed by atoms with E-state index in [0.29, 0.717) is 18.0 Å². The number of nitrogens with one attached hydrogen (secondary N) is 2. The molecule has 0 aliphatic heterocycles. The molecule has 1 rings (SSSR count). The molecule has 1 atom stereocenters. The second-order valence-corrected chi connectivity index (χ2v) is 5.42. The van der Waals surface area contributed by atoms with Crippen LogP contribution in [0.5, 0.6) is 0 Å². The fourth-order valence-corrected chi connectivity index (χ4v) is 1.74. The van der Waals surface area contributed by atoms with Gasteiger partial charge >= 0.3 is 6.03 Å². The first-order chi connectivity index (χ1) is 9.38. The molecule has 0 aliphatic rings. The molecular formula is C14H24N4O2. The summed E-state index contributed by atoms with van der Waals surface area (Å²) >= 11 is 0. The average Bonchev–Trinajstić information content (AvgIpc) is 2.36. The van der Waals surface area contributed by atoms with Gasteiger partial charge in [0.15, 0.2) is 0 Å². The summed E-state index contributed by atoms with van der Waals surface area (Å²) in [6, 6.07) is 3.27. The van der Waals surface area contributed by atoms with Crippen LogP contribution in [0.25, 0.3) is 0 Å². The van der Waals surface area contributed by atoms with Crippen LogP contribution in [0.2, 0.25) is 0 Å². The van der Waals surface area contributed by atoms with E-state index >= 15 is 0 Å². The number of anilines is 2. The Morgan fingerprint density at radius 2 is 2.10 bits per heavy atom. The quantitative estimate of drug-likeness (QED) is 0.741. The van der Waals surface area contributed by atoms with Crippen molar-refractivity contribution in [1.82, 2.24) is 10.3 Å². The Hall–Kier alpha value is -1.82. The first-order valence-electron chi connectivity index (χ1n) is 6.74. The van der Waals surface area contributed by atoms with Crippen LogP contribution in [-0.2, 0) is 0 Å². The smallest absolute Gasteiger partial charge is 0.319 e. The van der Waals surface area contributed by atoms with Gasteiger partial charge in [0.25, 0.3) is 0 Å². The van der Waals surface area contributed by atoms with Gasteiger partial charge in [-0.1, -0.05) is 13.8 Å². The van der Waals surface area contributed by atoms with E-state index in [4.69, 9.17) is 0 Å². The minimum Gasteiger partial charge on any atom is -0.391 e. The number of urea groups is 1. The van der Waals surface area contributed by atoms with Crippen LogP contribution in [0.3, 0.4) is 0 Å². The average molecular weight is 280 g/mol. The fraction of sp³-hybridized carbons (Fsp3) is 0.571. The monoisotopic (exact) mass is 280 g/mol. The molecule has 0 radical (unpaired) electrons. The largest absolute Gasteiger partial charge is 0.391 e. The van der Waals surface area contributed by atoms with Crippen molar-refractivity contribution in [3.05, 3.63) is 18.3 Å². The van der Waals surface area contributed by atoms with Crippen molar-refractivity contribution in [3.63, 3.8) is 0 Å². The highest BCUT2D eigenvalue weighted by Crippen LogP contribution is 2.11. The Labute approximate surface area is 120 Å². The number of aliphatic hydroxyl groups excluding tert-OH is 1. The number of carbonyl (C=O) groups excluding carboxylic acids is 1. The molecule has 0 aliphatic carbocycles. The van der Waals surface area contributed by atoms with Gasteiger partial charge < -0.3 is 20.6 Å². The summed E-state index contributed by atoms with van der Waals surface area (Å²) in [6.45, 7) is 4.30. The Kier molecular flexibility index (Phi) is 6.24. The fourth-order valence-electron chi connectivity index (χ4n) is 1.74. The van der Waals surface area contributed by atoms with Gasteiger partial charge in [0, 0.05) is 20.6 Å². The van der Waals surface area contributed by atoms with Crippen molar-refractivity contribution in [3.8, 4) is 0 Å². The first kappa shape index (κ1) is 16.2. The predicted molar refractivity (Wildman–Crippen MR) is 81.0 cm³/mol. The lowest BCUT2D eigenvalue weighted by atomic mass is 10.1. The van der Waals surface area contributed by atoms with Crippen molar-refractivity contribution >= 4 is 17.5 Å². The zero-order valence-electron chi connectivity index (χ0n) is 12.6. The summed E-state index contributed by atoms with van der Waals surface area (Å²) < 4.78 is 0. The van der Waals surface area contributed by atoms with Crippen molar-refractivity contribution in [2.75, 3.05) is 30.9 Å². The van der Waals surface area contributed by atoms with Crippen molar-refractivity contribution in [2.24, 2.45) is 5.92 Å². The van der Waals surface area contributed by atoms with Crippen LogP contribution in [0.1, 0.15) is 20.3 Å². The van der Waals surface area contributed by atoms with E-state index in [2.05, 4.69) is 15.6 Å². The van der Waals surface area contributed by atoms with E-state index in [1.807, 2.05) is 38.9 Å². The third-order valence-corrected chi connectivity index (χ3v) is 2.71. The second kappa shape index (κ2) is 7.69. The highest BCUT2D eigenvalue weighted by atomic mass is 16.3. The van der Waals surface area contributed by atoms with Crippen LogP contribution in [0.15, 0.2) is 18.3 Å². The molecule has 20 heavy (non-hydrogen) atoms. The number of nitrogens with zero attached hydrogens (tertiary/aromatic N) is 2. The van der Waals surface area contributed by atoms with Crippen molar-refractivity contribution < 1.29 is 9.90 Å². The van der Waals surface area contributed by atoms with Gasteiger partial charge in [0.1, 0.15) is 5.82 Å². The highest BCUT2D eigenvalue weighted by Gasteiger charge is 2.09. The lowest BCUT2D eigenvalue weighted by Crippen LogP contribution is -2.35. The van der Waals surface area contributed by atoms with E-state index in [-0.39, 0.29) is 12.6 Å². The molecule has 0 bridgehead atoms. The standard InChI is InChI=1S/C14H24N4O2/c1-10(2)7-12(19)9-16-14(20)17-11-5-6-13(15-8-11)18(3)4/h5-6,8,10,12,19H,7,9H2,1-4H3,(H2,16,17,20). The maximum atomic E-state index is 11.6. The number of pyridine rings is 1. The molecule has 0 saturated heterocycles. The summed E-state index contributed by atoms with van der Waals surface area (Å²) in [7, 11) is 3.80. The molecule has 0 spiro atoms. The number of carbonyl (C=O) groups is 1. The number of aromatic nitrogens is 1. The Bertz CT molecular complexity index is 418. The van der Waals surface area contributed by atoms with E-state index in [1.165, 1.54) is 0 Å². The zero-order valence-corrected chi connectivity index (χ0v) is 12.6. The molecule has 6 heteroatoms. The summed E-state index contributed by atoms with van der Waals surface area (Å²) in [6.07, 6.45) is 1.74. The molecule has 112 valence electrons. The van der Waals surface area contributed by atoms with Crippen LogP contribution in [-0.4, -0.2) is 42.9 Å². The van der Waals surface area contributed by atoms with Gasteiger partial charge in [-0.2, -0.15) is 0 Å². The zero-order chi connectivity index (χ0) is 15.1. The van der Waals surface area contributed by atoms with Gasteiger partial charge in [-0.25, -0.2) is 9.78 Å². The van der Waals surface area contributed by atoms with Gasteiger partial charge in [-0.05, 0) is 24.5 Å². The molecule has 1 unspecified atom stereocenters. The Morgan fingerprint density at radius 1 is 1.40 bits per heavy atom. The number of hydrogen-bond donors (Lipinski definition) is 3. The van der Waals surface area contributed by atoms with Gasteiger partial charge in [0.2, 0.25) is 0 Å². The number of rotatable bonds is 6. The number of hydrogen-bond acceptors (Lipinski definition) is 4. The van der Waals surface area contributed by atoms with Crippen molar-refractivity contribution in [1.29, 1.82) is 0 Å². The molecule has 1 heterocycles. The summed E-state index contributed by atoms with van der Waals surface area (Å²) in [5.74, 6) is 1.22. The summed E-state index contributed by atoms with van der Waals surface area (Å²) in [5.41, 5.74) is 0.617. The molecule has 3 N–H and O–H groups in total. The van der Waals surface area contributed by atoms with Gasteiger partial charge in [-0.15, -0.1) is 0 Å². The maximum absolute atomic E-state index is 11.6. The molecule has 0 saturated carbocycles. The van der Waals surface area contributed by atoms with Gasteiger partial charge in [-0.3, -0.25) is 0 Å². The third-order valence-electron chi connectivity index (χ3n) is 2.71. The molecular weight excluding hydrogens is 256 g/mol. The second-order valence-electron chi connectivity index (χ2n) is 5.42. The SMILES string of the molecule is CC(C)CC(O)CNC(=O)Nc1ccc(N(C)C)nc1. The predicted octanol–water partition coefficient (Wildman–Crippen LogP) is 1.68. The Balaban J connectivity index is 2.38. The molecule has 0 fully saturated rings. The van der Waals surface area contributed by atoms with Gasteiger partial charge in [0.05, 0.1) is 18.0 Å². The van der Waals surface area contributed by atoms with Crippen LogP contribution >= 0.6 is 0 Å². The molecule has 1 aromatic rings. The molecule has 2 amide bonds.